The predicted molar refractivity (Wildman–Crippen MR) is 135 cm³/mol. The first kappa shape index (κ1) is 24.5. The summed E-state index contributed by atoms with van der Waals surface area (Å²) in [6, 6.07) is 17.3. The van der Waals surface area contributed by atoms with Crippen LogP contribution in [-0.4, -0.2) is 52.2 Å². The second kappa shape index (κ2) is 11.7. The van der Waals surface area contributed by atoms with Gasteiger partial charge in [-0.1, -0.05) is 41.9 Å². The maximum absolute atomic E-state index is 10.6. The number of aliphatic hydroxyl groups excluding tert-OH is 1. The molecule has 1 fully saturated rings. The summed E-state index contributed by atoms with van der Waals surface area (Å²) in [4.78, 5) is 2.28. The Labute approximate surface area is 206 Å². The summed E-state index contributed by atoms with van der Waals surface area (Å²) in [5.74, 6) is 2.06. The van der Waals surface area contributed by atoms with Crippen molar-refractivity contribution in [2.45, 2.75) is 32.4 Å². The Balaban J connectivity index is 1.63. The van der Waals surface area contributed by atoms with Gasteiger partial charge in [-0.15, -0.1) is 6.58 Å². The van der Waals surface area contributed by atoms with Crippen LogP contribution in [0.5, 0.6) is 11.6 Å². The Hall–Kier alpha value is -2.64. The van der Waals surface area contributed by atoms with Crippen LogP contribution in [0.1, 0.15) is 24.1 Å². The summed E-state index contributed by atoms with van der Waals surface area (Å²) < 4.78 is 13.7. The number of ether oxygens (including phenoxy) is 2. The van der Waals surface area contributed by atoms with Gasteiger partial charge >= 0.3 is 0 Å². The van der Waals surface area contributed by atoms with Gasteiger partial charge in [0.15, 0.2) is 0 Å². The molecule has 1 aliphatic carbocycles. The lowest BCUT2D eigenvalue weighted by molar-refractivity contribution is 0.0235. The highest BCUT2D eigenvalue weighted by atomic mass is 35.5. The molecular weight excluding hydrogens is 450 g/mol. The molecule has 0 radical (unpaired) electrons. The van der Waals surface area contributed by atoms with E-state index >= 15 is 0 Å². The Bertz CT molecular complexity index is 1080. The fraction of sp³-hybridized carbons (Fsp3) is 0.370. The molecule has 180 valence electrons. The number of hydrogen-bond acceptors (Lipinski definition) is 5. The van der Waals surface area contributed by atoms with Gasteiger partial charge in [0.1, 0.15) is 5.75 Å². The van der Waals surface area contributed by atoms with Gasteiger partial charge < -0.3 is 14.6 Å². The average Bonchev–Trinajstić information content (AvgIpc) is 3.59. The standard InChI is InChI=1S/C27H32ClN3O3/c1-3-14-33-19-24(32)17-30(16-21-12-13-21)18-26-20(2)29-31(23-9-7-8-22(28)15-23)27(26)34-25-10-5-4-6-11-25/h3-11,15,21,24,32H,1,12-14,16-19H2,2H3. The van der Waals surface area contributed by atoms with Gasteiger partial charge in [-0.2, -0.15) is 5.10 Å². The summed E-state index contributed by atoms with van der Waals surface area (Å²) in [5, 5.41) is 16.0. The fourth-order valence-electron chi connectivity index (χ4n) is 3.94. The van der Waals surface area contributed by atoms with E-state index in [2.05, 4.69) is 11.5 Å². The zero-order valence-electron chi connectivity index (χ0n) is 19.6. The summed E-state index contributed by atoms with van der Waals surface area (Å²) in [6.45, 7) is 8.41. The van der Waals surface area contributed by atoms with Crippen LogP contribution in [0.3, 0.4) is 0 Å². The van der Waals surface area contributed by atoms with Crippen molar-refractivity contribution in [2.75, 3.05) is 26.3 Å². The first-order valence-electron chi connectivity index (χ1n) is 11.7. The van der Waals surface area contributed by atoms with Crippen molar-refractivity contribution in [2.24, 2.45) is 5.92 Å². The molecule has 1 saturated carbocycles. The number of aromatic nitrogens is 2. The highest BCUT2D eigenvalue weighted by Crippen LogP contribution is 2.34. The lowest BCUT2D eigenvalue weighted by atomic mass is 10.2. The lowest BCUT2D eigenvalue weighted by Gasteiger charge is -2.25. The van der Waals surface area contributed by atoms with Crippen molar-refractivity contribution >= 4 is 11.6 Å². The van der Waals surface area contributed by atoms with Gasteiger partial charge in [-0.05, 0) is 56.0 Å². The molecule has 0 saturated heterocycles. The first-order valence-corrected chi connectivity index (χ1v) is 12.1. The van der Waals surface area contributed by atoms with Crippen LogP contribution in [0.15, 0.2) is 67.3 Å². The van der Waals surface area contributed by atoms with Crippen LogP contribution < -0.4 is 4.74 Å². The molecule has 1 aromatic heterocycles. The second-order valence-electron chi connectivity index (χ2n) is 8.79. The summed E-state index contributed by atoms with van der Waals surface area (Å²) in [5.41, 5.74) is 2.70. The van der Waals surface area contributed by atoms with E-state index in [1.165, 1.54) is 12.8 Å². The topological polar surface area (TPSA) is 59.8 Å². The van der Waals surface area contributed by atoms with E-state index in [-0.39, 0.29) is 6.61 Å². The molecule has 1 aliphatic rings. The van der Waals surface area contributed by atoms with E-state index in [0.717, 1.165) is 29.2 Å². The maximum atomic E-state index is 10.6. The van der Waals surface area contributed by atoms with E-state index in [1.54, 1.807) is 6.08 Å². The molecular formula is C27H32ClN3O3. The third-order valence-electron chi connectivity index (χ3n) is 5.76. The minimum atomic E-state index is -0.583. The van der Waals surface area contributed by atoms with E-state index in [0.29, 0.717) is 36.5 Å². The van der Waals surface area contributed by atoms with Crippen molar-refractivity contribution < 1.29 is 14.6 Å². The third kappa shape index (κ3) is 6.70. The van der Waals surface area contributed by atoms with E-state index in [4.69, 9.17) is 26.2 Å². The van der Waals surface area contributed by atoms with Gasteiger partial charge in [-0.3, -0.25) is 4.90 Å². The average molecular weight is 482 g/mol. The SMILES string of the molecule is C=CCOCC(O)CN(Cc1c(C)nn(-c2cccc(Cl)c2)c1Oc1ccccc1)CC1CC1. The fourth-order valence-corrected chi connectivity index (χ4v) is 4.12. The third-order valence-corrected chi connectivity index (χ3v) is 5.99. The van der Waals surface area contributed by atoms with E-state index in [9.17, 15) is 5.11 Å². The predicted octanol–water partition coefficient (Wildman–Crippen LogP) is 5.40. The van der Waals surface area contributed by atoms with Gasteiger partial charge in [0, 0.05) is 24.7 Å². The minimum Gasteiger partial charge on any atom is -0.439 e. The number of rotatable bonds is 13. The number of benzene rings is 2. The van der Waals surface area contributed by atoms with Crippen LogP contribution in [0.2, 0.25) is 5.02 Å². The van der Waals surface area contributed by atoms with Crippen molar-refractivity contribution in [3.8, 4) is 17.3 Å². The molecule has 0 bridgehead atoms. The normalized spacial score (nSPS) is 14.4. The number of hydrogen-bond donors (Lipinski definition) is 1. The number of halogens is 1. The zero-order chi connectivity index (χ0) is 23.9. The molecule has 6 nitrogen and oxygen atoms in total. The van der Waals surface area contributed by atoms with Gasteiger partial charge in [-0.25, -0.2) is 4.68 Å². The molecule has 0 aliphatic heterocycles. The molecule has 1 atom stereocenters. The van der Waals surface area contributed by atoms with Crippen molar-refractivity contribution in [3.63, 3.8) is 0 Å². The van der Waals surface area contributed by atoms with Crippen LogP contribution in [-0.2, 0) is 11.3 Å². The molecule has 1 heterocycles. The summed E-state index contributed by atoms with van der Waals surface area (Å²) >= 11 is 6.28. The lowest BCUT2D eigenvalue weighted by Crippen LogP contribution is -2.36. The van der Waals surface area contributed by atoms with E-state index in [1.807, 2.05) is 66.2 Å². The highest BCUT2D eigenvalue weighted by Gasteiger charge is 2.28. The molecule has 34 heavy (non-hydrogen) atoms. The molecule has 0 amide bonds. The van der Waals surface area contributed by atoms with Crippen molar-refractivity contribution in [1.29, 1.82) is 0 Å². The molecule has 4 rings (SSSR count). The summed E-state index contributed by atoms with van der Waals surface area (Å²) in [6.07, 6.45) is 3.57. The maximum Gasteiger partial charge on any atom is 0.227 e. The molecule has 1 N–H and O–H groups in total. The second-order valence-corrected chi connectivity index (χ2v) is 9.23. The van der Waals surface area contributed by atoms with Crippen LogP contribution in [0.4, 0.5) is 0 Å². The highest BCUT2D eigenvalue weighted by molar-refractivity contribution is 6.30. The Morgan fingerprint density at radius 2 is 2.03 bits per heavy atom. The molecule has 7 heteroatoms. The minimum absolute atomic E-state index is 0.279. The van der Waals surface area contributed by atoms with E-state index < -0.39 is 6.10 Å². The van der Waals surface area contributed by atoms with Crippen LogP contribution >= 0.6 is 11.6 Å². The quantitative estimate of drug-likeness (QED) is 0.261. The number of nitrogens with zero attached hydrogens (tertiary/aromatic N) is 3. The van der Waals surface area contributed by atoms with Gasteiger partial charge in [0.2, 0.25) is 5.88 Å². The largest absolute Gasteiger partial charge is 0.439 e. The monoisotopic (exact) mass is 481 g/mol. The zero-order valence-corrected chi connectivity index (χ0v) is 20.3. The van der Waals surface area contributed by atoms with Crippen LogP contribution in [0.25, 0.3) is 5.69 Å². The Morgan fingerprint density at radius 3 is 2.74 bits per heavy atom. The van der Waals surface area contributed by atoms with Crippen LogP contribution in [0, 0.1) is 12.8 Å². The van der Waals surface area contributed by atoms with Crippen molar-refractivity contribution in [3.05, 3.63) is 83.5 Å². The van der Waals surface area contributed by atoms with Gasteiger partial charge in [0.05, 0.1) is 36.3 Å². The number of para-hydroxylation sites is 1. The Kier molecular flexibility index (Phi) is 8.40. The number of aliphatic hydroxyl groups is 1. The molecule has 1 unspecified atom stereocenters. The van der Waals surface area contributed by atoms with Crippen molar-refractivity contribution in [1.82, 2.24) is 14.7 Å². The smallest absolute Gasteiger partial charge is 0.227 e. The first-order chi connectivity index (χ1) is 16.5. The molecule has 0 spiro atoms. The molecule has 2 aromatic carbocycles. The molecule has 3 aromatic rings. The Morgan fingerprint density at radius 1 is 1.24 bits per heavy atom. The summed E-state index contributed by atoms with van der Waals surface area (Å²) in [7, 11) is 0. The number of aryl methyl sites for hydroxylation is 1. The van der Waals surface area contributed by atoms with Gasteiger partial charge in [0.25, 0.3) is 0 Å².